The van der Waals surface area contributed by atoms with Crippen molar-refractivity contribution in [2.45, 2.75) is 19.9 Å². The molecule has 0 aliphatic heterocycles. The van der Waals surface area contributed by atoms with Gasteiger partial charge >= 0.3 is 0 Å². The van der Waals surface area contributed by atoms with E-state index in [2.05, 4.69) is 31.9 Å². The van der Waals surface area contributed by atoms with Crippen LogP contribution in [-0.4, -0.2) is 28.3 Å². The first-order valence-corrected chi connectivity index (χ1v) is 6.80. The van der Waals surface area contributed by atoms with Gasteiger partial charge in [-0.05, 0) is 31.5 Å². The van der Waals surface area contributed by atoms with Crippen molar-refractivity contribution >= 4 is 16.5 Å². The molecule has 0 spiro atoms. The van der Waals surface area contributed by atoms with Gasteiger partial charge < -0.3 is 10.6 Å². The second kappa shape index (κ2) is 7.03. The van der Waals surface area contributed by atoms with Crippen LogP contribution in [0.3, 0.4) is 0 Å². The molecular formula is C12H17N5S. The van der Waals surface area contributed by atoms with E-state index in [9.17, 15) is 0 Å². The first-order chi connectivity index (χ1) is 8.84. The summed E-state index contributed by atoms with van der Waals surface area (Å²) in [5.41, 5.74) is 1.21. The van der Waals surface area contributed by atoms with Gasteiger partial charge in [-0.25, -0.2) is 0 Å². The molecule has 0 saturated carbocycles. The zero-order chi connectivity index (χ0) is 12.6. The third-order valence-electron chi connectivity index (χ3n) is 2.38. The van der Waals surface area contributed by atoms with Crippen molar-refractivity contribution in [3.63, 3.8) is 0 Å². The topological polar surface area (TPSA) is 62.7 Å². The Labute approximate surface area is 111 Å². The van der Waals surface area contributed by atoms with Crippen molar-refractivity contribution in [1.82, 2.24) is 20.5 Å². The minimum atomic E-state index is 0.867. The van der Waals surface area contributed by atoms with Gasteiger partial charge in [0.2, 0.25) is 5.13 Å². The molecule has 96 valence electrons. The first-order valence-electron chi connectivity index (χ1n) is 5.98. The lowest BCUT2D eigenvalue weighted by Crippen LogP contribution is -2.17. The SMILES string of the molecule is Cc1nnc(NCCCNCc2cccnc2)s1. The smallest absolute Gasteiger partial charge is 0.205 e. The number of nitrogens with one attached hydrogen (secondary N) is 2. The van der Waals surface area contributed by atoms with E-state index < -0.39 is 0 Å². The number of aromatic nitrogens is 3. The van der Waals surface area contributed by atoms with Gasteiger partial charge in [0.1, 0.15) is 5.01 Å². The second-order valence-corrected chi connectivity index (χ2v) is 5.13. The Kier molecular flexibility index (Phi) is 5.04. The number of hydrogen-bond acceptors (Lipinski definition) is 6. The van der Waals surface area contributed by atoms with Gasteiger partial charge in [0.25, 0.3) is 0 Å². The molecule has 0 fully saturated rings. The number of pyridine rings is 1. The Morgan fingerprint density at radius 3 is 2.94 bits per heavy atom. The predicted molar refractivity (Wildman–Crippen MR) is 73.7 cm³/mol. The molecule has 0 aliphatic rings. The van der Waals surface area contributed by atoms with E-state index >= 15 is 0 Å². The Balaban J connectivity index is 1.54. The quantitative estimate of drug-likeness (QED) is 0.746. The molecule has 2 aromatic heterocycles. The largest absolute Gasteiger partial charge is 0.360 e. The molecule has 0 bridgehead atoms. The van der Waals surface area contributed by atoms with E-state index in [1.807, 2.05) is 19.2 Å². The van der Waals surface area contributed by atoms with Gasteiger partial charge in [-0.15, -0.1) is 10.2 Å². The van der Waals surface area contributed by atoms with E-state index in [0.717, 1.165) is 36.2 Å². The summed E-state index contributed by atoms with van der Waals surface area (Å²) in [7, 11) is 0. The van der Waals surface area contributed by atoms with Crippen LogP contribution in [0.1, 0.15) is 17.0 Å². The molecule has 5 nitrogen and oxygen atoms in total. The molecule has 0 aliphatic carbocycles. The lowest BCUT2D eigenvalue weighted by atomic mass is 10.3. The van der Waals surface area contributed by atoms with Crippen LogP contribution in [0, 0.1) is 6.92 Å². The van der Waals surface area contributed by atoms with Gasteiger partial charge in [0, 0.05) is 25.5 Å². The summed E-state index contributed by atoms with van der Waals surface area (Å²) < 4.78 is 0. The number of hydrogen-bond donors (Lipinski definition) is 2. The van der Waals surface area contributed by atoms with Crippen LogP contribution in [0.15, 0.2) is 24.5 Å². The maximum absolute atomic E-state index is 4.08. The number of anilines is 1. The standard InChI is InChI=1S/C12H17N5S/c1-10-16-17-12(18-10)15-7-3-6-14-9-11-4-2-5-13-8-11/h2,4-5,8,14H,3,6-7,9H2,1H3,(H,15,17). The Morgan fingerprint density at radius 1 is 1.28 bits per heavy atom. The highest BCUT2D eigenvalue weighted by Crippen LogP contribution is 2.12. The highest BCUT2D eigenvalue weighted by atomic mass is 32.1. The zero-order valence-corrected chi connectivity index (χ0v) is 11.2. The van der Waals surface area contributed by atoms with Crippen molar-refractivity contribution < 1.29 is 0 Å². The first kappa shape index (κ1) is 12.9. The van der Waals surface area contributed by atoms with Crippen LogP contribution in [0.2, 0.25) is 0 Å². The normalized spacial score (nSPS) is 10.5. The predicted octanol–water partition coefficient (Wildman–Crippen LogP) is 1.83. The Hall–Kier alpha value is -1.53. The van der Waals surface area contributed by atoms with Crippen molar-refractivity contribution in [2.24, 2.45) is 0 Å². The van der Waals surface area contributed by atoms with E-state index in [1.54, 1.807) is 17.5 Å². The summed E-state index contributed by atoms with van der Waals surface area (Å²) in [5, 5.41) is 16.5. The Morgan fingerprint density at radius 2 is 2.22 bits per heavy atom. The molecule has 0 radical (unpaired) electrons. The van der Waals surface area contributed by atoms with E-state index in [1.165, 1.54) is 5.56 Å². The average Bonchev–Trinajstić information content (AvgIpc) is 2.81. The van der Waals surface area contributed by atoms with E-state index in [-0.39, 0.29) is 0 Å². The van der Waals surface area contributed by atoms with Crippen molar-refractivity contribution in [3.05, 3.63) is 35.1 Å². The van der Waals surface area contributed by atoms with Gasteiger partial charge in [-0.2, -0.15) is 0 Å². The highest BCUT2D eigenvalue weighted by molar-refractivity contribution is 7.15. The zero-order valence-electron chi connectivity index (χ0n) is 10.4. The average molecular weight is 263 g/mol. The molecule has 0 saturated heterocycles. The fourth-order valence-electron chi connectivity index (χ4n) is 1.51. The molecule has 0 unspecified atom stereocenters. The van der Waals surface area contributed by atoms with Gasteiger partial charge in [0.05, 0.1) is 0 Å². The summed E-state index contributed by atoms with van der Waals surface area (Å²) >= 11 is 1.59. The summed E-state index contributed by atoms with van der Waals surface area (Å²) in [6, 6.07) is 4.03. The van der Waals surface area contributed by atoms with Gasteiger partial charge in [0.15, 0.2) is 0 Å². The minimum absolute atomic E-state index is 0.867. The van der Waals surface area contributed by atoms with Crippen LogP contribution in [-0.2, 0) is 6.54 Å². The molecule has 2 aromatic rings. The molecule has 0 aromatic carbocycles. The summed E-state index contributed by atoms with van der Waals surface area (Å²) in [6.07, 6.45) is 4.73. The molecule has 0 atom stereocenters. The van der Waals surface area contributed by atoms with Crippen LogP contribution >= 0.6 is 11.3 Å². The molecule has 6 heteroatoms. The van der Waals surface area contributed by atoms with Crippen molar-refractivity contribution in [2.75, 3.05) is 18.4 Å². The summed E-state index contributed by atoms with van der Waals surface area (Å²) in [6.45, 7) is 4.71. The minimum Gasteiger partial charge on any atom is -0.360 e. The number of nitrogens with zero attached hydrogens (tertiary/aromatic N) is 3. The third-order valence-corrected chi connectivity index (χ3v) is 3.18. The summed E-state index contributed by atoms with van der Waals surface area (Å²) in [4.78, 5) is 4.08. The fourth-order valence-corrected chi connectivity index (χ4v) is 2.13. The molecule has 2 heterocycles. The lowest BCUT2D eigenvalue weighted by molar-refractivity contribution is 0.661. The maximum Gasteiger partial charge on any atom is 0.205 e. The lowest BCUT2D eigenvalue weighted by Gasteiger charge is -2.04. The number of rotatable bonds is 7. The van der Waals surface area contributed by atoms with Gasteiger partial charge in [-0.1, -0.05) is 17.4 Å². The van der Waals surface area contributed by atoms with Crippen LogP contribution in [0.5, 0.6) is 0 Å². The van der Waals surface area contributed by atoms with E-state index in [0.29, 0.717) is 0 Å². The van der Waals surface area contributed by atoms with Crippen molar-refractivity contribution in [1.29, 1.82) is 0 Å². The Bertz CT molecular complexity index is 457. The maximum atomic E-state index is 4.08. The van der Waals surface area contributed by atoms with Gasteiger partial charge in [-0.3, -0.25) is 4.98 Å². The monoisotopic (exact) mass is 263 g/mol. The molecule has 2 N–H and O–H groups in total. The molecule has 18 heavy (non-hydrogen) atoms. The van der Waals surface area contributed by atoms with Crippen LogP contribution in [0.25, 0.3) is 0 Å². The molecular weight excluding hydrogens is 246 g/mol. The second-order valence-electron chi connectivity index (χ2n) is 3.94. The highest BCUT2D eigenvalue weighted by Gasteiger charge is 1.98. The fraction of sp³-hybridized carbons (Fsp3) is 0.417. The van der Waals surface area contributed by atoms with Crippen LogP contribution in [0.4, 0.5) is 5.13 Å². The summed E-state index contributed by atoms with van der Waals surface area (Å²) in [5.74, 6) is 0. The molecule has 0 amide bonds. The van der Waals surface area contributed by atoms with Crippen molar-refractivity contribution in [3.8, 4) is 0 Å². The molecule has 2 rings (SSSR count). The number of aryl methyl sites for hydroxylation is 1. The van der Waals surface area contributed by atoms with Crippen LogP contribution < -0.4 is 10.6 Å². The van der Waals surface area contributed by atoms with E-state index in [4.69, 9.17) is 0 Å². The third kappa shape index (κ3) is 4.38.